The van der Waals surface area contributed by atoms with Crippen molar-refractivity contribution < 1.29 is 4.79 Å². The van der Waals surface area contributed by atoms with Crippen LogP contribution in [-0.4, -0.2) is 17.5 Å². The van der Waals surface area contributed by atoms with Gasteiger partial charge >= 0.3 is 0 Å². The lowest BCUT2D eigenvalue weighted by molar-refractivity contribution is 0.262. The first-order valence-electron chi connectivity index (χ1n) is 4.79. The zero-order chi connectivity index (χ0) is 11.0. The highest BCUT2D eigenvalue weighted by Crippen LogP contribution is 2.20. The van der Waals surface area contributed by atoms with E-state index in [1.807, 2.05) is 25.2 Å². The highest BCUT2D eigenvalue weighted by atomic mass is 32.2. The lowest BCUT2D eigenvalue weighted by atomic mass is 10.1. The van der Waals surface area contributed by atoms with Gasteiger partial charge in [-0.1, -0.05) is 49.9 Å². The van der Waals surface area contributed by atoms with Crippen molar-refractivity contribution in [3.63, 3.8) is 0 Å². The molecule has 0 saturated heterocycles. The third-order valence-corrected chi connectivity index (χ3v) is 3.18. The van der Waals surface area contributed by atoms with Crippen LogP contribution in [0, 0.1) is 5.92 Å². The van der Waals surface area contributed by atoms with Gasteiger partial charge in [0.15, 0.2) is 0 Å². The Morgan fingerprint density at radius 3 is 2.50 bits per heavy atom. The van der Waals surface area contributed by atoms with Crippen molar-refractivity contribution in [2.45, 2.75) is 26.0 Å². The summed E-state index contributed by atoms with van der Waals surface area (Å²) in [4.78, 5) is 11.1. The molecule has 0 saturated carbocycles. The van der Waals surface area contributed by atoms with E-state index in [9.17, 15) is 4.79 Å². The highest BCUT2D eigenvalue weighted by molar-refractivity contribution is 8.14. The molecule has 1 unspecified atom stereocenters. The summed E-state index contributed by atoms with van der Waals surface area (Å²) in [6, 6.07) is 0. The van der Waals surface area contributed by atoms with Gasteiger partial charge in [0, 0.05) is 12.3 Å². The molecule has 0 aliphatic heterocycles. The molecule has 0 aromatic carbocycles. The number of carbonyl (C=O) groups excluding carboxylic acids is 1. The molecule has 0 aliphatic carbocycles. The molecule has 2 nitrogen and oxygen atoms in total. The Labute approximate surface area is 90.8 Å². The maximum Gasteiger partial charge on any atom is 0.279 e. The first kappa shape index (κ1) is 13.3. The number of carbonyl (C=O) groups is 1. The Kier molecular flexibility index (Phi) is 7.30. The van der Waals surface area contributed by atoms with Gasteiger partial charge in [-0.2, -0.15) is 0 Å². The van der Waals surface area contributed by atoms with Crippen molar-refractivity contribution in [3.8, 4) is 0 Å². The van der Waals surface area contributed by atoms with E-state index >= 15 is 0 Å². The summed E-state index contributed by atoms with van der Waals surface area (Å²) >= 11 is 1.34. The lowest BCUT2D eigenvalue weighted by Gasteiger charge is -2.14. The third-order valence-electron chi connectivity index (χ3n) is 1.96. The normalized spacial score (nSPS) is 16.0. The fourth-order valence-electron chi connectivity index (χ4n) is 0.842. The van der Waals surface area contributed by atoms with Crippen molar-refractivity contribution in [1.29, 1.82) is 0 Å². The average molecular weight is 213 g/mol. The monoisotopic (exact) mass is 213 g/mol. The minimum atomic E-state index is 0.0313. The zero-order valence-electron chi connectivity index (χ0n) is 9.28. The van der Waals surface area contributed by atoms with E-state index in [0.29, 0.717) is 11.2 Å². The zero-order valence-corrected chi connectivity index (χ0v) is 10.1. The van der Waals surface area contributed by atoms with Gasteiger partial charge < -0.3 is 5.32 Å². The van der Waals surface area contributed by atoms with E-state index in [1.165, 1.54) is 11.8 Å². The second-order valence-corrected chi connectivity index (χ2v) is 4.48. The summed E-state index contributed by atoms with van der Waals surface area (Å²) in [6.45, 7) is 6.16. The Morgan fingerprint density at radius 1 is 1.36 bits per heavy atom. The summed E-state index contributed by atoms with van der Waals surface area (Å²) in [5, 5.41) is 2.94. The van der Waals surface area contributed by atoms with Crippen LogP contribution in [0.25, 0.3) is 0 Å². The summed E-state index contributed by atoms with van der Waals surface area (Å²) in [5.74, 6) is 0.397. The van der Waals surface area contributed by atoms with Gasteiger partial charge in [-0.25, -0.2) is 0 Å². The van der Waals surface area contributed by atoms with Crippen LogP contribution >= 0.6 is 11.8 Å². The fraction of sp³-hybridized carbons (Fsp3) is 0.545. The van der Waals surface area contributed by atoms with Gasteiger partial charge in [0.2, 0.25) is 0 Å². The molecule has 0 aromatic heterocycles. The molecule has 0 fully saturated rings. The molecule has 0 heterocycles. The topological polar surface area (TPSA) is 29.1 Å². The molecule has 0 aliphatic rings. The molecule has 3 heteroatoms. The molecule has 2 atom stereocenters. The number of amides is 1. The molecule has 0 radical (unpaired) electrons. The first-order chi connectivity index (χ1) is 6.61. The van der Waals surface area contributed by atoms with Gasteiger partial charge in [0.1, 0.15) is 0 Å². The molecule has 0 bridgehead atoms. The summed E-state index contributed by atoms with van der Waals surface area (Å²) < 4.78 is 0. The van der Waals surface area contributed by atoms with E-state index in [4.69, 9.17) is 0 Å². The van der Waals surface area contributed by atoms with Crippen molar-refractivity contribution in [3.05, 3.63) is 24.3 Å². The van der Waals surface area contributed by atoms with E-state index in [2.05, 4.69) is 25.2 Å². The van der Waals surface area contributed by atoms with Crippen LogP contribution < -0.4 is 5.32 Å². The van der Waals surface area contributed by atoms with E-state index in [1.54, 1.807) is 7.05 Å². The second kappa shape index (κ2) is 7.68. The maximum atomic E-state index is 11.1. The quantitative estimate of drug-likeness (QED) is 0.726. The Hall–Kier alpha value is -0.700. The van der Waals surface area contributed by atoms with Crippen molar-refractivity contribution >= 4 is 17.0 Å². The van der Waals surface area contributed by atoms with Gasteiger partial charge in [0.05, 0.1) is 0 Å². The molecule has 1 amide bonds. The van der Waals surface area contributed by atoms with Gasteiger partial charge in [0.25, 0.3) is 5.24 Å². The smallest absolute Gasteiger partial charge is 0.279 e. The summed E-state index contributed by atoms with van der Waals surface area (Å²) in [7, 11) is 1.66. The molecule has 80 valence electrons. The molecule has 14 heavy (non-hydrogen) atoms. The summed E-state index contributed by atoms with van der Waals surface area (Å²) in [6.07, 6.45) is 8.11. The predicted octanol–water partition coefficient (Wildman–Crippen LogP) is 3.22. The van der Waals surface area contributed by atoms with Gasteiger partial charge in [-0.3, -0.25) is 4.79 Å². The van der Waals surface area contributed by atoms with Crippen LogP contribution in [0.3, 0.4) is 0 Å². The lowest BCUT2D eigenvalue weighted by Crippen LogP contribution is -2.18. The number of hydrogen-bond acceptors (Lipinski definition) is 2. The molecular formula is C11H19NOS. The minimum absolute atomic E-state index is 0.0313. The van der Waals surface area contributed by atoms with Crippen molar-refractivity contribution in [1.82, 2.24) is 5.32 Å². The molecule has 1 N–H and O–H groups in total. The second-order valence-electron chi connectivity index (χ2n) is 3.13. The number of hydrogen-bond donors (Lipinski definition) is 1. The third kappa shape index (κ3) is 5.86. The largest absolute Gasteiger partial charge is 0.350 e. The van der Waals surface area contributed by atoms with Gasteiger partial charge in [-0.15, -0.1) is 0 Å². The van der Waals surface area contributed by atoms with E-state index in [0.717, 1.165) is 0 Å². The van der Waals surface area contributed by atoms with Crippen LogP contribution in [0.15, 0.2) is 24.3 Å². The van der Waals surface area contributed by atoms with Crippen molar-refractivity contribution in [2.24, 2.45) is 5.92 Å². The summed E-state index contributed by atoms with van der Waals surface area (Å²) in [5.41, 5.74) is 0. The Balaban J connectivity index is 3.98. The molecule has 0 spiro atoms. The molecular weight excluding hydrogens is 194 g/mol. The van der Waals surface area contributed by atoms with Crippen molar-refractivity contribution in [2.75, 3.05) is 7.05 Å². The van der Waals surface area contributed by atoms with E-state index in [-0.39, 0.29) is 5.24 Å². The van der Waals surface area contributed by atoms with Crippen LogP contribution in [0.1, 0.15) is 20.8 Å². The number of nitrogens with one attached hydrogen (secondary N) is 1. The maximum absolute atomic E-state index is 11.1. The Bertz CT molecular complexity index is 223. The molecule has 0 rings (SSSR count). The van der Waals surface area contributed by atoms with Crippen LogP contribution in [0.5, 0.6) is 0 Å². The predicted molar refractivity (Wildman–Crippen MR) is 64.6 cm³/mol. The number of rotatable bonds is 4. The average Bonchev–Trinajstić information content (AvgIpc) is 2.17. The fourth-order valence-corrected chi connectivity index (χ4v) is 1.60. The van der Waals surface area contributed by atoms with Crippen LogP contribution in [-0.2, 0) is 0 Å². The number of allylic oxidation sites excluding steroid dienone is 4. The molecule has 0 aromatic rings. The van der Waals surface area contributed by atoms with Crippen LogP contribution in [0.2, 0.25) is 0 Å². The van der Waals surface area contributed by atoms with Crippen LogP contribution in [0.4, 0.5) is 4.79 Å². The standard InChI is InChI=1S/C11H19NOS/c1-5-6-7-8-9(2)10(3)14-11(13)12-4/h5-10H,1-4H3,(H,12,13)/b6-5-,8-7-/t9-,10?/m1/s1. The van der Waals surface area contributed by atoms with Gasteiger partial charge in [-0.05, 0) is 12.8 Å². The Morgan fingerprint density at radius 2 is 2.00 bits per heavy atom. The SMILES string of the molecule is C/C=C\C=C/[C@@H](C)C(C)SC(=O)NC. The first-order valence-corrected chi connectivity index (χ1v) is 5.67. The number of thioether (sulfide) groups is 1. The van der Waals surface area contributed by atoms with E-state index < -0.39 is 0 Å². The highest BCUT2D eigenvalue weighted by Gasteiger charge is 2.13. The minimum Gasteiger partial charge on any atom is -0.350 e.